The van der Waals surface area contributed by atoms with Crippen LogP contribution in [0.15, 0.2) is 12.4 Å². The lowest BCUT2D eigenvalue weighted by Gasteiger charge is -2.28. The predicted octanol–water partition coefficient (Wildman–Crippen LogP) is 1.24. The van der Waals surface area contributed by atoms with Crippen LogP contribution in [0.1, 0.15) is 31.4 Å². The number of nitrogens with zero attached hydrogens (tertiary/aromatic N) is 2. The molecule has 1 heterocycles. The highest BCUT2D eigenvalue weighted by Crippen LogP contribution is 2.23. The van der Waals surface area contributed by atoms with E-state index in [4.69, 9.17) is 15.3 Å². The number of methoxy groups -OCH3 is 1. The zero-order valence-corrected chi connectivity index (χ0v) is 10.6. The fraction of sp³-hybridized carbons (Fsp3) is 0.667. The van der Waals surface area contributed by atoms with Crippen LogP contribution in [0, 0.1) is 0 Å². The molecule has 0 saturated heterocycles. The van der Waals surface area contributed by atoms with Crippen molar-refractivity contribution in [2.24, 2.45) is 5.84 Å². The van der Waals surface area contributed by atoms with Crippen molar-refractivity contribution in [3.63, 3.8) is 0 Å². The summed E-state index contributed by atoms with van der Waals surface area (Å²) in [7, 11) is 1.76. The summed E-state index contributed by atoms with van der Waals surface area (Å²) in [5.41, 5.74) is 3.26. The lowest BCUT2D eigenvalue weighted by atomic mass is 9.95. The van der Waals surface area contributed by atoms with Crippen molar-refractivity contribution in [3.05, 3.63) is 18.1 Å². The van der Waals surface area contributed by atoms with Crippen molar-refractivity contribution in [1.29, 1.82) is 0 Å². The topological polar surface area (TPSA) is 82.3 Å². The number of hydrogen-bond acceptors (Lipinski definition) is 6. The lowest BCUT2D eigenvalue weighted by Crippen LogP contribution is -2.27. The van der Waals surface area contributed by atoms with Gasteiger partial charge in [-0.15, -0.1) is 0 Å². The van der Waals surface area contributed by atoms with E-state index < -0.39 is 0 Å². The van der Waals surface area contributed by atoms with E-state index >= 15 is 0 Å². The molecule has 0 bridgehead atoms. The molecule has 3 N–H and O–H groups in total. The van der Waals surface area contributed by atoms with Gasteiger partial charge in [-0.2, -0.15) is 0 Å². The first kappa shape index (κ1) is 13.2. The van der Waals surface area contributed by atoms with Crippen molar-refractivity contribution in [2.75, 3.05) is 12.5 Å². The number of aromatic nitrogens is 2. The van der Waals surface area contributed by atoms with Crippen molar-refractivity contribution >= 4 is 5.82 Å². The standard InChI is InChI=1S/C12H20N4O2/c1-17-10-3-2-4-11(5-10)18-8-9-6-15-12(16-13)7-14-9/h6-7,10-11H,2-5,8,13H2,1H3,(H,15,16). The molecular weight excluding hydrogens is 232 g/mol. The molecule has 6 heteroatoms. The molecule has 0 aromatic carbocycles. The van der Waals surface area contributed by atoms with Crippen molar-refractivity contribution in [3.8, 4) is 0 Å². The Kier molecular flexibility index (Phi) is 4.86. The first-order chi connectivity index (χ1) is 8.81. The van der Waals surface area contributed by atoms with E-state index in [0.717, 1.165) is 31.4 Å². The van der Waals surface area contributed by atoms with Gasteiger partial charge in [0, 0.05) is 7.11 Å². The summed E-state index contributed by atoms with van der Waals surface area (Å²) in [6.07, 6.45) is 8.21. The first-order valence-electron chi connectivity index (χ1n) is 6.23. The SMILES string of the molecule is COC1CCCC(OCc2cnc(NN)cn2)C1. The Morgan fingerprint density at radius 3 is 2.83 bits per heavy atom. The summed E-state index contributed by atoms with van der Waals surface area (Å²) in [6, 6.07) is 0. The fourth-order valence-electron chi connectivity index (χ4n) is 2.17. The van der Waals surface area contributed by atoms with E-state index in [-0.39, 0.29) is 6.10 Å². The normalized spacial score (nSPS) is 23.9. The quantitative estimate of drug-likeness (QED) is 0.606. The Bertz CT molecular complexity index is 358. The fourth-order valence-corrected chi connectivity index (χ4v) is 2.17. The molecule has 1 aromatic heterocycles. The van der Waals surface area contributed by atoms with Crippen molar-refractivity contribution in [2.45, 2.75) is 44.5 Å². The van der Waals surface area contributed by atoms with Gasteiger partial charge >= 0.3 is 0 Å². The average Bonchev–Trinajstić information content (AvgIpc) is 2.46. The Hall–Kier alpha value is -1.24. The summed E-state index contributed by atoms with van der Waals surface area (Å²) in [5.74, 6) is 5.78. The number of hydrogen-bond donors (Lipinski definition) is 2. The molecular formula is C12H20N4O2. The Morgan fingerprint density at radius 2 is 2.17 bits per heavy atom. The zero-order chi connectivity index (χ0) is 12.8. The van der Waals surface area contributed by atoms with E-state index in [1.165, 1.54) is 0 Å². The Balaban J connectivity index is 1.79. The molecule has 1 aliphatic carbocycles. The minimum absolute atomic E-state index is 0.262. The molecule has 2 rings (SSSR count). The zero-order valence-electron chi connectivity index (χ0n) is 10.6. The van der Waals surface area contributed by atoms with Gasteiger partial charge in [-0.1, -0.05) is 0 Å². The summed E-state index contributed by atoms with van der Waals surface area (Å²) < 4.78 is 11.2. The molecule has 0 spiro atoms. The van der Waals surface area contributed by atoms with Crippen molar-refractivity contribution < 1.29 is 9.47 Å². The van der Waals surface area contributed by atoms with Gasteiger partial charge < -0.3 is 14.9 Å². The predicted molar refractivity (Wildman–Crippen MR) is 67.7 cm³/mol. The second-order valence-corrected chi connectivity index (χ2v) is 4.49. The molecule has 0 aliphatic heterocycles. The monoisotopic (exact) mass is 252 g/mol. The maximum absolute atomic E-state index is 5.84. The molecule has 0 radical (unpaired) electrons. The van der Waals surface area contributed by atoms with Crippen LogP contribution in [0.3, 0.4) is 0 Å². The van der Waals surface area contributed by atoms with Gasteiger partial charge in [-0.05, 0) is 25.7 Å². The third-order valence-electron chi connectivity index (χ3n) is 3.23. The van der Waals surface area contributed by atoms with Gasteiger partial charge in [0.15, 0.2) is 5.82 Å². The maximum Gasteiger partial charge on any atom is 0.158 e. The number of anilines is 1. The molecule has 100 valence electrons. The number of ether oxygens (including phenoxy) is 2. The van der Waals surface area contributed by atoms with Crippen LogP contribution < -0.4 is 11.3 Å². The maximum atomic E-state index is 5.84. The van der Waals surface area contributed by atoms with Crippen LogP contribution in [0.5, 0.6) is 0 Å². The Labute approximate surface area is 107 Å². The number of nitrogens with two attached hydrogens (primary N) is 1. The molecule has 6 nitrogen and oxygen atoms in total. The third kappa shape index (κ3) is 3.63. The van der Waals surface area contributed by atoms with Gasteiger partial charge in [0.25, 0.3) is 0 Å². The highest BCUT2D eigenvalue weighted by molar-refractivity contribution is 5.28. The highest BCUT2D eigenvalue weighted by atomic mass is 16.5. The van der Waals surface area contributed by atoms with Crippen LogP contribution >= 0.6 is 0 Å². The van der Waals surface area contributed by atoms with E-state index in [9.17, 15) is 0 Å². The van der Waals surface area contributed by atoms with Gasteiger partial charge in [0.2, 0.25) is 0 Å². The van der Waals surface area contributed by atoms with Gasteiger partial charge in [0.05, 0.1) is 36.9 Å². The second kappa shape index (κ2) is 6.63. The van der Waals surface area contributed by atoms with Crippen LogP contribution in [0.2, 0.25) is 0 Å². The van der Waals surface area contributed by atoms with Crippen LogP contribution in [0.4, 0.5) is 5.82 Å². The van der Waals surface area contributed by atoms with Gasteiger partial charge in [-0.3, -0.25) is 4.98 Å². The van der Waals surface area contributed by atoms with Gasteiger partial charge in [0.1, 0.15) is 0 Å². The molecule has 1 aromatic rings. The third-order valence-corrected chi connectivity index (χ3v) is 3.23. The molecule has 2 atom stereocenters. The van der Waals surface area contributed by atoms with E-state index in [2.05, 4.69) is 15.4 Å². The Morgan fingerprint density at radius 1 is 1.33 bits per heavy atom. The number of hydrazine groups is 1. The summed E-state index contributed by atoms with van der Waals surface area (Å²) in [4.78, 5) is 8.30. The minimum atomic E-state index is 0.262. The van der Waals surface area contributed by atoms with E-state index in [0.29, 0.717) is 18.5 Å². The molecule has 1 saturated carbocycles. The summed E-state index contributed by atoms with van der Waals surface area (Å²) >= 11 is 0. The van der Waals surface area contributed by atoms with Crippen LogP contribution in [-0.2, 0) is 16.1 Å². The second-order valence-electron chi connectivity index (χ2n) is 4.49. The molecule has 18 heavy (non-hydrogen) atoms. The van der Waals surface area contributed by atoms with Crippen molar-refractivity contribution in [1.82, 2.24) is 9.97 Å². The number of nitrogen functional groups attached to an aromatic ring is 1. The summed E-state index contributed by atoms with van der Waals surface area (Å²) in [5, 5.41) is 0. The van der Waals surface area contributed by atoms with Crippen LogP contribution in [-0.4, -0.2) is 29.3 Å². The largest absolute Gasteiger partial charge is 0.381 e. The van der Waals surface area contributed by atoms with Crippen LogP contribution in [0.25, 0.3) is 0 Å². The summed E-state index contributed by atoms with van der Waals surface area (Å²) in [6.45, 7) is 0.485. The number of rotatable bonds is 5. The first-order valence-corrected chi connectivity index (χ1v) is 6.23. The van der Waals surface area contributed by atoms with Gasteiger partial charge in [-0.25, -0.2) is 10.8 Å². The highest BCUT2D eigenvalue weighted by Gasteiger charge is 2.22. The average molecular weight is 252 g/mol. The molecule has 1 aliphatic rings. The van der Waals surface area contributed by atoms with E-state index in [1.807, 2.05) is 0 Å². The molecule has 1 fully saturated rings. The lowest BCUT2D eigenvalue weighted by molar-refractivity contribution is -0.0372. The minimum Gasteiger partial charge on any atom is -0.381 e. The smallest absolute Gasteiger partial charge is 0.158 e. The molecule has 0 amide bonds. The van der Waals surface area contributed by atoms with E-state index in [1.54, 1.807) is 19.5 Å². The number of nitrogens with one attached hydrogen (secondary N) is 1. The molecule has 2 unspecified atom stereocenters.